The number of halogens is 3. The van der Waals surface area contributed by atoms with Crippen LogP contribution in [0.5, 0.6) is 0 Å². The van der Waals surface area contributed by atoms with Crippen LogP contribution in [0, 0.1) is 24.7 Å². The molecule has 3 N–H and O–H groups in total. The van der Waals surface area contributed by atoms with E-state index in [0.29, 0.717) is 32.2 Å². The Labute approximate surface area is 267 Å². The standard InChI is InChI=1S/C35H55F3N2O5/c1-6-7-8-9-10-11-12-16-26(5)33(43)40-29(21-24(2)3)30(41)22-27(18-13-14-20-39)31(42)23-45-34(44)32-25(4)17-15-19-28(32)35(36,37)38/h15,17,19,24,26-27,29H,6-14,16,18,20-23,39H2,1-5H3,(H,40,43)/t26?,27-,29?/m1/s1. The number of carbonyl (C=O) groups excluding carboxylic acids is 4. The molecule has 0 aliphatic heterocycles. The monoisotopic (exact) mass is 640 g/mol. The minimum atomic E-state index is -4.77. The van der Waals surface area contributed by atoms with E-state index in [-0.39, 0.29) is 35.5 Å². The predicted molar refractivity (Wildman–Crippen MR) is 171 cm³/mol. The molecule has 0 fully saturated rings. The number of esters is 1. The molecular weight excluding hydrogens is 585 g/mol. The number of carbonyl (C=O) groups is 4. The molecule has 0 heterocycles. The van der Waals surface area contributed by atoms with Gasteiger partial charge in [0, 0.05) is 18.3 Å². The van der Waals surface area contributed by atoms with Gasteiger partial charge in [0.1, 0.15) is 0 Å². The van der Waals surface area contributed by atoms with Crippen LogP contribution in [0.15, 0.2) is 18.2 Å². The van der Waals surface area contributed by atoms with E-state index in [4.69, 9.17) is 10.5 Å². The zero-order chi connectivity index (χ0) is 34.0. The van der Waals surface area contributed by atoms with Gasteiger partial charge in [0.2, 0.25) is 5.91 Å². The molecule has 2 unspecified atom stereocenters. The van der Waals surface area contributed by atoms with Crippen LogP contribution in [0.1, 0.15) is 133 Å². The first-order valence-corrected chi connectivity index (χ1v) is 16.6. The molecule has 1 amide bonds. The van der Waals surface area contributed by atoms with E-state index in [9.17, 15) is 32.3 Å². The Morgan fingerprint density at radius 3 is 2.11 bits per heavy atom. The number of unbranched alkanes of at least 4 members (excludes halogenated alkanes) is 7. The fourth-order valence-corrected chi connectivity index (χ4v) is 5.39. The molecule has 0 saturated carbocycles. The van der Waals surface area contributed by atoms with Gasteiger partial charge in [0.05, 0.1) is 17.2 Å². The van der Waals surface area contributed by atoms with E-state index in [1.807, 2.05) is 20.8 Å². The second-order valence-electron chi connectivity index (χ2n) is 12.7. The summed E-state index contributed by atoms with van der Waals surface area (Å²) in [6.45, 7) is 8.91. The smallest absolute Gasteiger partial charge is 0.417 e. The van der Waals surface area contributed by atoms with Crippen molar-refractivity contribution in [2.45, 2.75) is 130 Å². The third-order valence-electron chi connectivity index (χ3n) is 8.14. The van der Waals surface area contributed by atoms with Crippen molar-refractivity contribution in [1.82, 2.24) is 5.32 Å². The fraction of sp³-hybridized carbons (Fsp3) is 0.714. The molecule has 0 saturated heterocycles. The number of nitrogens with two attached hydrogens (primary N) is 1. The number of ether oxygens (including phenoxy) is 1. The van der Waals surface area contributed by atoms with E-state index in [1.165, 1.54) is 44.7 Å². The lowest BCUT2D eigenvalue weighted by atomic mass is 9.88. The van der Waals surface area contributed by atoms with Crippen molar-refractivity contribution in [3.63, 3.8) is 0 Å². The van der Waals surface area contributed by atoms with Gasteiger partial charge in [-0.15, -0.1) is 0 Å². The molecule has 1 rings (SSSR count). The van der Waals surface area contributed by atoms with E-state index in [1.54, 1.807) is 0 Å². The average molecular weight is 641 g/mol. The van der Waals surface area contributed by atoms with Crippen LogP contribution in [0.3, 0.4) is 0 Å². The van der Waals surface area contributed by atoms with Crippen molar-refractivity contribution in [1.29, 1.82) is 0 Å². The molecule has 1 aromatic rings. The molecule has 7 nitrogen and oxygen atoms in total. The van der Waals surface area contributed by atoms with Gasteiger partial charge >= 0.3 is 12.1 Å². The second-order valence-corrected chi connectivity index (χ2v) is 12.7. The average Bonchev–Trinajstić information content (AvgIpc) is 2.97. The number of aryl methyl sites for hydroxylation is 1. The maximum Gasteiger partial charge on any atom is 0.417 e. The molecule has 256 valence electrons. The van der Waals surface area contributed by atoms with Crippen molar-refractivity contribution >= 4 is 23.4 Å². The van der Waals surface area contributed by atoms with Crippen LogP contribution in [0.2, 0.25) is 0 Å². The van der Waals surface area contributed by atoms with E-state index in [0.717, 1.165) is 31.7 Å². The maximum absolute atomic E-state index is 13.5. The van der Waals surface area contributed by atoms with Gasteiger partial charge in [-0.05, 0) is 56.7 Å². The van der Waals surface area contributed by atoms with Gasteiger partial charge < -0.3 is 15.8 Å². The third kappa shape index (κ3) is 15.4. The van der Waals surface area contributed by atoms with Crippen molar-refractivity contribution in [3.05, 3.63) is 34.9 Å². The lowest BCUT2D eigenvalue weighted by Gasteiger charge is -2.24. The number of nitrogens with one attached hydrogen (secondary N) is 1. The van der Waals surface area contributed by atoms with Gasteiger partial charge in [-0.1, -0.05) is 91.2 Å². The number of rotatable bonds is 23. The molecule has 0 aliphatic rings. The first-order valence-electron chi connectivity index (χ1n) is 16.6. The van der Waals surface area contributed by atoms with Crippen LogP contribution in [0.25, 0.3) is 0 Å². The topological polar surface area (TPSA) is 116 Å². The Balaban J connectivity index is 2.91. The quantitative estimate of drug-likeness (QED) is 0.0934. The van der Waals surface area contributed by atoms with Gasteiger partial charge in [-0.25, -0.2) is 4.79 Å². The molecule has 0 spiro atoms. The predicted octanol–water partition coefficient (Wildman–Crippen LogP) is 7.75. The summed E-state index contributed by atoms with van der Waals surface area (Å²) in [5.41, 5.74) is 3.91. The van der Waals surface area contributed by atoms with Crippen molar-refractivity contribution < 1.29 is 37.1 Å². The van der Waals surface area contributed by atoms with Crippen LogP contribution >= 0.6 is 0 Å². The molecule has 0 aliphatic carbocycles. The van der Waals surface area contributed by atoms with E-state index in [2.05, 4.69) is 12.2 Å². The number of ketones is 2. The Hall–Kier alpha value is -2.75. The van der Waals surface area contributed by atoms with Gasteiger partial charge in [0.25, 0.3) is 0 Å². The van der Waals surface area contributed by atoms with Crippen LogP contribution in [-0.2, 0) is 25.3 Å². The highest BCUT2D eigenvalue weighted by molar-refractivity contribution is 5.96. The van der Waals surface area contributed by atoms with E-state index < -0.39 is 47.6 Å². The SMILES string of the molecule is CCCCCCCCCC(C)C(=O)NC(CC(C)C)C(=O)C[C@@H](CCCCN)C(=O)COC(=O)c1c(C)cccc1C(F)(F)F. The summed E-state index contributed by atoms with van der Waals surface area (Å²) < 4.78 is 45.6. The molecule has 1 aromatic carbocycles. The molecule has 0 bridgehead atoms. The maximum atomic E-state index is 13.5. The largest absolute Gasteiger partial charge is 0.454 e. The number of amides is 1. The Morgan fingerprint density at radius 2 is 1.51 bits per heavy atom. The van der Waals surface area contributed by atoms with Gasteiger partial charge in [-0.2, -0.15) is 13.2 Å². The molecular formula is C35H55F3N2O5. The highest BCUT2D eigenvalue weighted by atomic mass is 19.4. The van der Waals surface area contributed by atoms with Crippen molar-refractivity contribution in [2.75, 3.05) is 13.2 Å². The minimum absolute atomic E-state index is 0.0745. The molecule has 45 heavy (non-hydrogen) atoms. The summed E-state index contributed by atoms with van der Waals surface area (Å²) in [7, 11) is 0. The number of alkyl halides is 3. The zero-order valence-electron chi connectivity index (χ0n) is 27.9. The summed E-state index contributed by atoms with van der Waals surface area (Å²) >= 11 is 0. The summed E-state index contributed by atoms with van der Waals surface area (Å²) in [4.78, 5) is 52.5. The first kappa shape index (κ1) is 40.3. The summed E-state index contributed by atoms with van der Waals surface area (Å²) in [6.07, 6.45) is 5.65. The highest BCUT2D eigenvalue weighted by Gasteiger charge is 2.37. The van der Waals surface area contributed by atoms with Crippen LogP contribution in [-0.4, -0.2) is 42.6 Å². The Bertz CT molecular complexity index is 1070. The number of benzene rings is 1. The van der Waals surface area contributed by atoms with E-state index >= 15 is 0 Å². The normalized spacial score (nSPS) is 13.7. The van der Waals surface area contributed by atoms with Gasteiger partial charge in [-0.3, -0.25) is 14.4 Å². The molecule has 10 heteroatoms. The number of hydrogen-bond acceptors (Lipinski definition) is 6. The summed E-state index contributed by atoms with van der Waals surface area (Å²) in [6, 6.07) is 2.57. The lowest BCUT2D eigenvalue weighted by Crippen LogP contribution is -2.45. The lowest BCUT2D eigenvalue weighted by molar-refractivity contribution is -0.138. The number of Topliss-reactive ketones (excluding diaryl/α,β-unsaturated/α-hetero) is 2. The van der Waals surface area contributed by atoms with Gasteiger partial charge in [0.15, 0.2) is 18.2 Å². The third-order valence-corrected chi connectivity index (χ3v) is 8.14. The highest BCUT2D eigenvalue weighted by Crippen LogP contribution is 2.33. The second kappa shape index (κ2) is 21.1. The molecule has 3 atom stereocenters. The molecule has 0 radical (unpaired) electrons. The Kier molecular flexibility index (Phi) is 18.9. The number of hydrogen-bond donors (Lipinski definition) is 2. The summed E-state index contributed by atoms with van der Waals surface area (Å²) in [5.74, 6) is -3.28. The van der Waals surface area contributed by atoms with Crippen LogP contribution in [0.4, 0.5) is 13.2 Å². The fourth-order valence-electron chi connectivity index (χ4n) is 5.39. The minimum Gasteiger partial charge on any atom is -0.454 e. The molecule has 0 aromatic heterocycles. The first-order chi connectivity index (χ1) is 21.2. The zero-order valence-corrected chi connectivity index (χ0v) is 27.9. The van der Waals surface area contributed by atoms with Crippen molar-refractivity contribution in [2.24, 2.45) is 23.5 Å². The van der Waals surface area contributed by atoms with Crippen LogP contribution < -0.4 is 11.1 Å². The Morgan fingerprint density at radius 1 is 0.889 bits per heavy atom. The van der Waals surface area contributed by atoms with Crippen molar-refractivity contribution in [3.8, 4) is 0 Å². The summed E-state index contributed by atoms with van der Waals surface area (Å²) in [5, 5.41) is 2.91.